The summed E-state index contributed by atoms with van der Waals surface area (Å²) < 4.78 is 26.8. The molecule has 1 rings (SSSR count). The second kappa shape index (κ2) is 7.94. The first kappa shape index (κ1) is 18.9. The van der Waals surface area contributed by atoms with Gasteiger partial charge in [0.2, 0.25) is 10.0 Å². The maximum atomic E-state index is 12.1. The van der Waals surface area contributed by atoms with E-state index in [0.717, 1.165) is 6.42 Å². The van der Waals surface area contributed by atoms with Crippen molar-refractivity contribution in [1.29, 1.82) is 0 Å². The fraction of sp³-hybridized carbons (Fsp3) is 0.533. The van der Waals surface area contributed by atoms with Crippen LogP contribution in [0.4, 0.5) is 0 Å². The van der Waals surface area contributed by atoms with Crippen LogP contribution >= 0.6 is 11.6 Å². The van der Waals surface area contributed by atoms with Crippen molar-refractivity contribution in [3.63, 3.8) is 0 Å². The first-order chi connectivity index (χ1) is 10.1. The van der Waals surface area contributed by atoms with Gasteiger partial charge in [0, 0.05) is 12.6 Å². The van der Waals surface area contributed by atoms with Crippen molar-refractivity contribution in [3.8, 4) is 0 Å². The zero-order valence-corrected chi connectivity index (χ0v) is 14.9. The van der Waals surface area contributed by atoms with Gasteiger partial charge in [-0.3, -0.25) is 4.79 Å². The summed E-state index contributed by atoms with van der Waals surface area (Å²) in [5.41, 5.74) is 0.164. The molecule has 1 amide bonds. The summed E-state index contributed by atoms with van der Waals surface area (Å²) in [5, 5.41) is 2.98. The van der Waals surface area contributed by atoms with Gasteiger partial charge in [0.1, 0.15) is 0 Å². The van der Waals surface area contributed by atoms with Gasteiger partial charge in [-0.05, 0) is 44.4 Å². The second-order valence-electron chi connectivity index (χ2n) is 5.86. The molecule has 1 aromatic carbocycles. The Morgan fingerprint density at radius 2 is 1.86 bits per heavy atom. The number of rotatable bonds is 7. The van der Waals surface area contributed by atoms with E-state index >= 15 is 0 Å². The van der Waals surface area contributed by atoms with Gasteiger partial charge in [-0.25, -0.2) is 13.1 Å². The number of benzene rings is 1. The Kier molecular flexibility index (Phi) is 6.84. The molecule has 0 fully saturated rings. The van der Waals surface area contributed by atoms with E-state index < -0.39 is 10.0 Å². The molecule has 0 aliphatic heterocycles. The highest BCUT2D eigenvalue weighted by molar-refractivity contribution is 7.89. The van der Waals surface area contributed by atoms with E-state index in [0.29, 0.717) is 12.5 Å². The van der Waals surface area contributed by atoms with Crippen molar-refractivity contribution in [1.82, 2.24) is 10.0 Å². The SMILES string of the molecule is CC(C)CCNC(=O)c1cc(S(=O)(=O)NC(C)C)ccc1Cl. The fourth-order valence-corrected chi connectivity index (χ4v) is 3.27. The van der Waals surface area contributed by atoms with E-state index in [1.807, 2.05) is 0 Å². The average Bonchev–Trinajstić information content (AvgIpc) is 2.36. The van der Waals surface area contributed by atoms with Gasteiger partial charge in [0.05, 0.1) is 15.5 Å². The molecule has 5 nitrogen and oxygen atoms in total. The summed E-state index contributed by atoms with van der Waals surface area (Å²) in [6, 6.07) is 3.88. The highest BCUT2D eigenvalue weighted by Gasteiger charge is 2.19. The van der Waals surface area contributed by atoms with Gasteiger partial charge in [-0.15, -0.1) is 0 Å². The van der Waals surface area contributed by atoms with Gasteiger partial charge >= 0.3 is 0 Å². The zero-order chi connectivity index (χ0) is 16.9. The highest BCUT2D eigenvalue weighted by atomic mass is 35.5. The molecule has 2 N–H and O–H groups in total. The monoisotopic (exact) mass is 346 g/mol. The molecule has 0 saturated carbocycles. The number of carbonyl (C=O) groups is 1. The minimum Gasteiger partial charge on any atom is -0.352 e. The number of amides is 1. The Labute approximate surface area is 137 Å². The molecule has 22 heavy (non-hydrogen) atoms. The van der Waals surface area contributed by atoms with Crippen LogP contribution in [0.25, 0.3) is 0 Å². The predicted molar refractivity (Wildman–Crippen MR) is 88.7 cm³/mol. The largest absolute Gasteiger partial charge is 0.352 e. The molecule has 7 heteroatoms. The molecule has 0 spiro atoms. The third kappa shape index (κ3) is 5.59. The van der Waals surface area contributed by atoms with Crippen LogP contribution in [0.5, 0.6) is 0 Å². The molecule has 0 aromatic heterocycles. The first-order valence-corrected chi connectivity index (χ1v) is 9.09. The van der Waals surface area contributed by atoms with E-state index in [1.54, 1.807) is 13.8 Å². The minimum absolute atomic E-state index is 0.0274. The van der Waals surface area contributed by atoms with Crippen LogP contribution in [0.15, 0.2) is 23.1 Å². The molecule has 1 aromatic rings. The Morgan fingerprint density at radius 1 is 1.23 bits per heavy atom. The van der Waals surface area contributed by atoms with Gasteiger partial charge < -0.3 is 5.32 Å². The van der Waals surface area contributed by atoms with Crippen LogP contribution < -0.4 is 10.0 Å². The van der Waals surface area contributed by atoms with E-state index in [4.69, 9.17) is 11.6 Å². The summed E-state index contributed by atoms with van der Waals surface area (Å²) in [6.07, 6.45) is 0.844. The quantitative estimate of drug-likeness (QED) is 0.797. The Hall–Kier alpha value is -1.11. The molecule has 0 radical (unpaired) electrons. The van der Waals surface area contributed by atoms with Gasteiger partial charge in [-0.2, -0.15) is 0 Å². The Balaban J connectivity index is 2.97. The van der Waals surface area contributed by atoms with Crippen molar-refractivity contribution < 1.29 is 13.2 Å². The minimum atomic E-state index is -3.65. The third-order valence-corrected chi connectivity index (χ3v) is 4.88. The summed E-state index contributed by atoms with van der Waals surface area (Å²) in [4.78, 5) is 12.2. The molecule has 0 atom stereocenters. The van der Waals surface area contributed by atoms with Crippen LogP contribution in [-0.4, -0.2) is 26.9 Å². The number of halogens is 1. The van der Waals surface area contributed by atoms with Gasteiger partial charge in [0.15, 0.2) is 0 Å². The molecule has 0 saturated heterocycles. The summed E-state index contributed by atoms with van der Waals surface area (Å²) in [6.45, 7) is 8.10. The topological polar surface area (TPSA) is 75.3 Å². The number of nitrogens with one attached hydrogen (secondary N) is 2. The van der Waals surface area contributed by atoms with E-state index in [1.165, 1.54) is 18.2 Å². The van der Waals surface area contributed by atoms with Crippen LogP contribution in [-0.2, 0) is 10.0 Å². The number of sulfonamides is 1. The maximum absolute atomic E-state index is 12.1. The molecule has 0 unspecified atom stereocenters. The summed E-state index contributed by atoms with van der Waals surface area (Å²) in [7, 11) is -3.65. The number of hydrogen-bond donors (Lipinski definition) is 2. The molecule has 0 bridgehead atoms. The van der Waals surface area contributed by atoms with Crippen LogP contribution in [0, 0.1) is 5.92 Å². The Bertz CT molecular complexity index is 628. The van der Waals surface area contributed by atoms with Crippen molar-refractivity contribution in [2.24, 2.45) is 5.92 Å². The molecular weight excluding hydrogens is 324 g/mol. The van der Waals surface area contributed by atoms with Gasteiger partial charge in [0.25, 0.3) is 5.91 Å². The molecular formula is C15H23ClN2O3S. The smallest absolute Gasteiger partial charge is 0.252 e. The normalized spacial score (nSPS) is 12.0. The van der Waals surface area contributed by atoms with E-state index in [-0.39, 0.29) is 27.4 Å². The van der Waals surface area contributed by atoms with Crippen LogP contribution in [0.1, 0.15) is 44.5 Å². The van der Waals surface area contributed by atoms with Crippen molar-refractivity contribution in [2.45, 2.75) is 45.1 Å². The van der Waals surface area contributed by atoms with Gasteiger partial charge in [-0.1, -0.05) is 25.4 Å². The lowest BCUT2D eigenvalue weighted by Crippen LogP contribution is -2.31. The van der Waals surface area contributed by atoms with E-state index in [9.17, 15) is 13.2 Å². The standard InChI is InChI=1S/C15H23ClN2O3S/c1-10(2)7-8-17-15(19)13-9-12(5-6-14(13)16)22(20,21)18-11(3)4/h5-6,9-11,18H,7-8H2,1-4H3,(H,17,19). The fourth-order valence-electron chi connectivity index (χ4n) is 1.79. The molecule has 0 heterocycles. The third-order valence-electron chi connectivity index (χ3n) is 2.89. The summed E-state index contributed by atoms with van der Waals surface area (Å²) in [5.74, 6) is 0.102. The lowest BCUT2D eigenvalue weighted by atomic mass is 10.1. The predicted octanol–water partition coefficient (Wildman–Crippen LogP) is 2.80. The van der Waals surface area contributed by atoms with Crippen LogP contribution in [0.2, 0.25) is 5.02 Å². The zero-order valence-electron chi connectivity index (χ0n) is 13.3. The maximum Gasteiger partial charge on any atom is 0.252 e. The first-order valence-electron chi connectivity index (χ1n) is 7.23. The van der Waals surface area contributed by atoms with Crippen molar-refractivity contribution in [3.05, 3.63) is 28.8 Å². The van der Waals surface area contributed by atoms with Crippen LogP contribution in [0.3, 0.4) is 0 Å². The second-order valence-corrected chi connectivity index (χ2v) is 7.98. The molecule has 0 aliphatic rings. The average molecular weight is 347 g/mol. The number of carbonyl (C=O) groups excluding carboxylic acids is 1. The van der Waals surface area contributed by atoms with Crippen molar-refractivity contribution in [2.75, 3.05) is 6.54 Å². The molecule has 124 valence electrons. The lowest BCUT2D eigenvalue weighted by Gasteiger charge is -2.12. The lowest BCUT2D eigenvalue weighted by molar-refractivity contribution is 0.0952. The number of hydrogen-bond acceptors (Lipinski definition) is 3. The van der Waals surface area contributed by atoms with Crippen molar-refractivity contribution >= 4 is 27.5 Å². The molecule has 0 aliphatic carbocycles. The Morgan fingerprint density at radius 3 is 2.41 bits per heavy atom. The summed E-state index contributed by atoms with van der Waals surface area (Å²) >= 11 is 6.01. The van der Waals surface area contributed by atoms with E-state index in [2.05, 4.69) is 23.9 Å². The highest BCUT2D eigenvalue weighted by Crippen LogP contribution is 2.20.